The highest BCUT2D eigenvalue weighted by atomic mass is 16.5. The van der Waals surface area contributed by atoms with Crippen LogP contribution in [0.25, 0.3) is 16.8 Å². The second kappa shape index (κ2) is 9.89. The van der Waals surface area contributed by atoms with Gasteiger partial charge in [0.1, 0.15) is 17.1 Å². The van der Waals surface area contributed by atoms with Crippen molar-refractivity contribution < 1.29 is 14.8 Å². The normalized spacial score (nSPS) is 11.6. The molecule has 0 saturated carbocycles. The average molecular weight is 438 g/mol. The van der Waals surface area contributed by atoms with E-state index in [0.29, 0.717) is 11.4 Å². The van der Waals surface area contributed by atoms with Crippen LogP contribution in [0.2, 0.25) is 0 Å². The summed E-state index contributed by atoms with van der Waals surface area (Å²) in [5.41, 5.74) is 5.55. The van der Waals surface area contributed by atoms with Crippen LogP contribution in [0, 0.1) is 19.3 Å². The van der Waals surface area contributed by atoms with E-state index in [1.165, 1.54) is 17.2 Å². The number of aryl methyl sites for hydroxylation is 2. The lowest BCUT2D eigenvalue weighted by Gasteiger charge is -2.13. The first-order chi connectivity index (χ1) is 16.0. The smallest absolute Gasteiger partial charge is 0.385 e. The summed E-state index contributed by atoms with van der Waals surface area (Å²) in [6, 6.07) is 23.4. The molecular weight excluding hydrogens is 412 g/mol. The quantitative estimate of drug-likeness (QED) is 0.193. The Morgan fingerprint density at radius 1 is 1.00 bits per heavy atom. The molecule has 3 aromatic carbocycles. The minimum atomic E-state index is -0.339. The van der Waals surface area contributed by atoms with Gasteiger partial charge in [0.2, 0.25) is 0 Å². The highest BCUT2D eigenvalue weighted by Gasteiger charge is 2.23. The Hall–Kier alpha value is -4.29. The Morgan fingerprint density at radius 3 is 2.36 bits per heavy atom. The van der Waals surface area contributed by atoms with E-state index < -0.39 is 0 Å². The van der Waals surface area contributed by atoms with Crippen molar-refractivity contribution in [1.82, 2.24) is 9.55 Å². The molecule has 6 heteroatoms. The Kier molecular flexibility index (Phi) is 6.57. The van der Waals surface area contributed by atoms with Crippen molar-refractivity contribution in [3.63, 3.8) is 0 Å². The van der Waals surface area contributed by atoms with Crippen LogP contribution in [0.4, 0.5) is 5.69 Å². The molecule has 0 radical (unpaired) electrons. The molecular formula is C27H25N4O2+. The fourth-order valence-corrected chi connectivity index (χ4v) is 3.48. The van der Waals surface area contributed by atoms with E-state index in [2.05, 4.69) is 24.0 Å². The lowest BCUT2D eigenvalue weighted by molar-refractivity contribution is -0.480. The maximum atomic E-state index is 13.3. The van der Waals surface area contributed by atoms with Gasteiger partial charge < -0.3 is 14.7 Å². The van der Waals surface area contributed by atoms with Gasteiger partial charge in [-0.15, -0.1) is 0 Å². The molecule has 164 valence electrons. The Labute approximate surface area is 192 Å². The molecule has 0 aliphatic heterocycles. The van der Waals surface area contributed by atoms with E-state index >= 15 is 0 Å². The minimum absolute atomic E-state index is 0.0483. The highest BCUT2D eigenvalue weighted by molar-refractivity contribution is 6.09. The number of primary amides is 1. The number of nitrogens with one attached hydrogen (secondary N) is 1. The summed E-state index contributed by atoms with van der Waals surface area (Å²) < 4.78 is 7.66. The van der Waals surface area contributed by atoms with E-state index in [-0.39, 0.29) is 11.7 Å². The molecule has 4 aromatic rings. The monoisotopic (exact) mass is 437 g/mol. The number of amides is 1. The first-order valence-corrected chi connectivity index (χ1v) is 10.6. The Morgan fingerprint density at radius 2 is 1.73 bits per heavy atom. The molecule has 0 bridgehead atoms. The van der Waals surface area contributed by atoms with Crippen molar-refractivity contribution in [2.45, 2.75) is 13.8 Å². The number of quaternary nitrogens is 1. The number of imidazole rings is 1. The number of hydrogen-bond acceptors (Lipinski definition) is 4. The number of allylic oxidation sites excluding steroid dienone is 1. The number of hydrogen-bond donors (Lipinski definition) is 2. The molecule has 1 aromatic heterocycles. The first-order valence-electron chi connectivity index (χ1n) is 10.6. The molecule has 1 heterocycles. The second-order valence-electron chi connectivity index (χ2n) is 7.69. The van der Waals surface area contributed by atoms with Gasteiger partial charge in [0.15, 0.2) is 0 Å². The third-order valence-corrected chi connectivity index (χ3v) is 5.28. The van der Waals surface area contributed by atoms with Crippen LogP contribution in [0.5, 0.6) is 5.75 Å². The van der Waals surface area contributed by atoms with Gasteiger partial charge >= 0.3 is 5.91 Å². The summed E-state index contributed by atoms with van der Waals surface area (Å²) in [4.78, 5) is 17.3. The van der Waals surface area contributed by atoms with Crippen LogP contribution >= 0.6 is 0 Å². The summed E-state index contributed by atoms with van der Waals surface area (Å²) in [6.45, 7) is 4.06. The number of nitrogens with two attached hydrogens (primary N) is 1. The van der Waals surface area contributed by atoms with Crippen LogP contribution in [0.15, 0.2) is 97.3 Å². The summed E-state index contributed by atoms with van der Waals surface area (Å²) in [6.07, 6.45) is 5.89. The molecule has 3 N–H and O–H groups in total. The van der Waals surface area contributed by atoms with E-state index in [9.17, 15) is 4.79 Å². The van der Waals surface area contributed by atoms with Crippen LogP contribution in [-0.4, -0.2) is 21.7 Å². The summed E-state index contributed by atoms with van der Waals surface area (Å²) in [7, 11) is 0. The summed E-state index contributed by atoms with van der Waals surface area (Å²) in [5, 5.41) is 9.44. The molecule has 6 nitrogen and oxygen atoms in total. The van der Waals surface area contributed by atoms with Gasteiger partial charge in [-0.2, -0.15) is 0 Å². The van der Waals surface area contributed by atoms with E-state index in [0.717, 1.165) is 28.6 Å². The Balaban J connectivity index is 1.66. The van der Waals surface area contributed by atoms with Gasteiger partial charge in [-0.05, 0) is 54.8 Å². The Bertz CT molecular complexity index is 1290. The van der Waals surface area contributed by atoms with E-state index in [4.69, 9.17) is 10.1 Å². The standard InChI is InChI=1S/C27H24N4O2/c1-19-7-11-22(12-8-19)30-27(32)26(25(17-28)31-16-15-29-18-31)33-23-13-9-21(10-14-23)24-6-4-3-5-20(24)2/h3-18,28H,1-2H3,(H,30,32)/p+1/b26-25-,28-17?. The molecule has 0 aliphatic carbocycles. The average Bonchev–Trinajstić information content (AvgIpc) is 3.36. The fraction of sp³-hybridized carbons (Fsp3) is 0.0741. The molecule has 0 spiro atoms. The fourth-order valence-electron chi connectivity index (χ4n) is 3.48. The van der Waals surface area contributed by atoms with Crippen LogP contribution in [0.1, 0.15) is 11.1 Å². The van der Waals surface area contributed by atoms with Crippen LogP contribution in [-0.2, 0) is 4.79 Å². The van der Waals surface area contributed by atoms with Crippen molar-refractivity contribution in [1.29, 1.82) is 5.41 Å². The van der Waals surface area contributed by atoms with Gasteiger partial charge in [0.25, 0.3) is 5.76 Å². The molecule has 0 fully saturated rings. The van der Waals surface area contributed by atoms with E-state index in [1.54, 1.807) is 17.0 Å². The van der Waals surface area contributed by atoms with Crippen LogP contribution < -0.4 is 10.1 Å². The van der Waals surface area contributed by atoms with Crippen molar-refractivity contribution in [3.8, 4) is 16.9 Å². The molecule has 0 atom stereocenters. The molecule has 0 unspecified atom stereocenters. The lowest BCUT2D eigenvalue weighted by Crippen LogP contribution is -2.83. The number of ether oxygens (including phenoxy) is 1. The van der Waals surface area contributed by atoms with Gasteiger partial charge in [0, 0.05) is 18.6 Å². The largest absolute Gasteiger partial charge is 0.446 e. The predicted molar refractivity (Wildman–Crippen MR) is 129 cm³/mol. The zero-order valence-electron chi connectivity index (χ0n) is 18.5. The van der Waals surface area contributed by atoms with Crippen molar-refractivity contribution in [2.24, 2.45) is 0 Å². The van der Waals surface area contributed by atoms with Crippen LogP contribution in [0.3, 0.4) is 0 Å². The van der Waals surface area contributed by atoms with Gasteiger partial charge in [-0.1, -0.05) is 54.1 Å². The molecule has 33 heavy (non-hydrogen) atoms. The van der Waals surface area contributed by atoms with E-state index in [1.807, 2.05) is 67.6 Å². The number of carbonyl (C=O) groups is 1. The summed E-state index contributed by atoms with van der Waals surface area (Å²) in [5.74, 6) is 0.216. The minimum Gasteiger partial charge on any atom is -0.446 e. The molecule has 4 rings (SSSR count). The van der Waals surface area contributed by atoms with Crippen molar-refractivity contribution in [2.75, 3.05) is 0 Å². The lowest BCUT2D eigenvalue weighted by atomic mass is 10.0. The SMILES string of the molecule is Cc1ccc([NH2+]C(=O)/C(Oc2ccc(-c3ccccc3C)cc2)=C(\C=N)n2ccnc2)cc1. The molecule has 1 amide bonds. The third kappa shape index (κ3) is 5.14. The van der Waals surface area contributed by atoms with Gasteiger partial charge in [-0.25, -0.2) is 15.1 Å². The van der Waals surface area contributed by atoms with Gasteiger partial charge in [-0.3, -0.25) is 0 Å². The van der Waals surface area contributed by atoms with Crippen molar-refractivity contribution >= 4 is 23.5 Å². The van der Waals surface area contributed by atoms with Crippen molar-refractivity contribution in [3.05, 3.63) is 108 Å². The number of carbonyl (C=O) groups excluding carboxylic acids is 1. The first kappa shape index (κ1) is 21.9. The third-order valence-electron chi connectivity index (χ3n) is 5.28. The highest BCUT2D eigenvalue weighted by Crippen LogP contribution is 2.26. The maximum Gasteiger partial charge on any atom is 0.385 e. The second-order valence-corrected chi connectivity index (χ2v) is 7.69. The summed E-state index contributed by atoms with van der Waals surface area (Å²) >= 11 is 0. The number of benzene rings is 3. The molecule has 0 saturated heterocycles. The zero-order valence-corrected chi connectivity index (χ0v) is 18.5. The zero-order chi connectivity index (χ0) is 23.2. The molecule has 0 aliphatic rings. The van der Waals surface area contributed by atoms with Gasteiger partial charge in [0.05, 0.1) is 6.33 Å². The number of aromatic nitrogens is 2. The maximum absolute atomic E-state index is 13.3. The predicted octanol–water partition coefficient (Wildman–Crippen LogP) is 4.49. The number of nitrogens with zero attached hydrogens (tertiary/aromatic N) is 2. The topological polar surface area (TPSA) is 84.6 Å². The number of rotatable bonds is 7.